The average Bonchev–Trinajstić information content (AvgIpc) is 2.97. The number of hydrogen-bond donors (Lipinski definition) is 2. The van der Waals surface area contributed by atoms with Crippen LogP contribution in [-0.2, 0) is 4.79 Å². The molecule has 6 nitrogen and oxygen atoms in total. The molecule has 3 rings (SSSR count). The third-order valence-electron chi connectivity index (χ3n) is 5.47. The zero-order chi connectivity index (χ0) is 18.4. The van der Waals surface area contributed by atoms with Crippen LogP contribution in [0, 0.1) is 5.92 Å². The van der Waals surface area contributed by atoms with Gasteiger partial charge in [0.2, 0.25) is 5.91 Å². The second-order valence-electron chi connectivity index (χ2n) is 7.51. The molecule has 1 saturated carbocycles. The molecular weight excluding hydrogens is 348 g/mol. The highest BCUT2D eigenvalue weighted by Gasteiger charge is 2.21. The highest BCUT2D eigenvalue weighted by atomic mass is 32.1. The van der Waals surface area contributed by atoms with Gasteiger partial charge in [-0.15, -0.1) is 11.3 Å². The van der Waals surface area contributed by atoms with E-state index in [0.717, 1.165) is 38.5 Å². The van der Waals surface area contributed by atoms with E-state index < -0.39 is 5.91 Å². The maximum atomic E-state index is 12.4. The lowest BCUT2D eigenvalue weighted by molar-refractivity contribution is -0.117. The van der Waals surface area contributed by atoms with Crippen LogP contribution in [0.3, 0.4) is 0 Å². The lowest BCUT2D eigenvalue weighted by Gasteiger charge is -2.28. The standard InChI is InChI=1S/C19H30N4O2S/c20-18(25)16-7-12-26-19(16)21-17(24)14-23-9-4-8-22(10-11-23)13-15-5-2-1-3-6-15/h7,12,15H,1-6,8-11,13-14H2,(H2,20,25)(H,21,24). The highest BCUT2D eigenvalue weighted by Crippen LogP contribution is 2.25. The summed E-state index contributed by atoms with van der Waals surface area (Å²) < 4.78 is 0. The normalized spacial score (nSPS) is 20.6. The van der Waals surface area contributed by atoms with Crippen molar-refractivity contribution >= 4 is 28.2 Å². The van der Waals surface area contributed by atoms with Gasteiger partial charge in [0.1, 0.15) is 5.00 Å². The van der Waals surface area contributed by atoms with E-state index in [4.69, 9.17) is 5.73 Å². The van der Waals surface area contributed by atoms with E-state index in [1.54, 1.807) is 11.4 Å². The molecule has 0 atom stereocenters. The maximum Gasteiger partial charge on any atom is 0.251 e. The van der Waals surface area contributed by atoms with Crippen LogP contribution in [0.2, 0.25) is 0 Å². The second kappa shape index (κ2) is 9.48. The molecule has 0 radical (unpaired) electrons. The Kier molecular flexibility index (Phi) is 7.05. The summed E-state index contributed by atoms with van der Waals surface area (Å²) in [6.07, 6.45) is 8.05. The van der Waals surface area contributed by atoms with E-state index in [1.165, 1.54) is 50.0 Å². The summed E-state index contributed by atoms with van der Waals surface area (Å²) in [5.74, 6) is 0.287. The van der Waals surface area contributed by atoms with Gasteiger partial charge < -0.3 is 16.0 Å². The SMILES string of the molecule is NC(=O)c1ccsc1NC(=O)CN1CCCN(CC2CCCCC2)CC1. The van der Waals surface area contributed by atoms with Gasteiger partial charge in [0.05, 0.1) is 12.1 Å². The van der Waals surface area contributed by atoms with E-state index in [1.807, 2.05) is 0 Å². The van der Waals surface area contributed by atoms with Crippen LogP contribution in [-0.4, -0.2) is 60.9 Å². The number of carbonyl (C=O) groups excluding carboxylic acids is 2. The van der Waals surface area contributed by atoms with Gasteiger partial charge in [-0.2, -0.15) is 0 Å². The van der Waals surface area contributed by atoms with Gasteiger partial charge in [-0.05, 0) is 49.7 Å². The molecule has 1 aromatic rings. The Bertz CT molecular complexity index is 612. The van der Waals surface area contributed by atoms with Crippen LogP contribution in [0.25, 0.3) is 0 Å². The highest BCUT2D eigenvalue weighted by molar-refractivity contribution is 7.14. The number of carbonyl (C=O) groups is 2. The van der Waals surface area contributed by atoms with E-state index in [-0.39, 0.29) is 5.91 Å². The molecule has 0 aromatic carbocycles. The third-order valence-corrected chi connectivity index (χ3v) is 6.30. The fourth-order valence-electron chi connectivity index (χ4n) is 4.07. The molecule has 0 spiro atoms. The van der Waals surface area contributed by atoms with Crippen molar-refractivity contribution < 1.29 is 9.59 Å². The van der Waals surface area contributed by atoms with E-state index in [9.17, 15) is 9.59 Å². The molecule has 1 saturated heterocycles. The van der Waals surface area contributed by atoms with Crippen molar-refractivity contribution in [3.8, 4) is 0 Å². The van der Waals surface area contributed by atoms with E-state index in [0.29, 0.717) is 17.1 Å². The molecule has 2 amide bonds. The summed E-state index contributed by atoms with van der Waals surface area (Å²) in [5, 5.41) is 5.16. The fraction of sp³-hybridized carbons (Fsp3) is 0.684. The van der Waals surface area contributed by atoms with Crippen molar-refractivity contribution in [3.63, 3.8) is 0 Å². The number of nitrogens with one attached hydrogen (secondary N) is 1. The second-order valence-corrected chi connectivity index (χ2v) is 8.43. The molecule has 2 heterocycles. The summed E-state index contributed by atoms with van der Waals surface area (Å²) >= 11 is 1.33. The number of thiophene rings is 1. The Morgan fingerprint density at radius 3 is 2.58 bits per heavy atom. The summed E-state index contributed by atoms with van der Waals surface area (Å²) in [5.41, 5.74) is 5.72. The smallest absolute Gasteiger partial charge is 0.251 e. The Morgan fingerprint density at radius 1 is 1.08 bits per heavy atom. The van der Waals surface area contributed by atoms with Crippen molar-refractivity contribution in [2.75, 3.05) is 44.6 Å². The van der Waals surface area contributed by atoms with Gasteiger partial charge in [0.15, 0.2) is 0 Å². The van der Waals surface area contributed by atoms with Crippen molar-refractivity contribution in [2.45, 2.75) is 38.5 Å². The first-order valence-electron chi connectivity index (χ1n) is 9.73. The molecule has 3 N–H and O–H groups in total. The molecule has 7 heteroatoms. The molecule has 1 aliphatic carbocycles. The Morgan fingerprint density at radius 2 is 1.81 bits per heavy atom. The fourth-order valence-corrected chi connectivity index (χ4v) is 4.88. The monoisotopic (exact) mass is 378 g/mol. The molecule has 26 heavy (non-hydrogen) atoms. The van der Waals surface area contributed by atoms with Crippen LogP contribution in [0.5, 0.6) is 0 Å². The summed E-state index contributed by atoms with van der Waals surface area (Å²) in [4.78, 5) is 28.5. The zero-order valence-corrected chi connectivity index (χ0v) is 16.2. The van der Waals surface area contributed by atoms with Crippen LogP contribution >= 0.6 is 11.3 Å². The first kappa shape index (κ1) is 19.3. The Labute approximate surface area is 159 Å². The summed E-state index contributed by atoms with van der Waals surface area (Å²) in [6.45, 7) is 5.63. The lowest BCUT2D eigenvalue weighted by atomic mass is 9.89. The minimum Gasteiger partial charge on any atom is -0.366 e. The maximum absolute atomic E-state index is 12.4. The number of rotatable bonds is 6. The van der Waals surface area contributed by atoms with Crippen molar-refractivity contribution in [2.24, 2.45) is 11.7 Å². The number of amides is 2. The number of anilines is 1. The van der Waals surface area contributed by atoms with Crippen molar-refractivity contribution in [1.82, 2.24) is 9.80 Å². The van der Waals surface area contributed by atoms with E-state index >= 15 is 0 Å². The topological polar surface area (TPSA) is 78.7 Å². The number of nitrogens with zero attached hydrogens (tertiary/aromatic N) is 2. The van der Waals surface area contributed by atoms with Gasteiger partial charge in [0.25, 0.3) is 5.91 Å². The van der Waals surface area contributed by atoms with Crippen molar-refractivity contribution in [3.05, 3.63) is 17.0 Å². The molecule has 1 aliphatic heterocycles. The zero-order valence-electron chi connectivity index (χ0n) is 15.4. The first-order chi connectivity index (χ1) is 12.6. The van der Waals surface area contributed by atoms with Gasteiger partial charge in [-0.25, -0.2) is 0 Å². The minimum atomic E-state index is -0.505. The quantitative estimate of drug-likeness (QED) is 0.797. The molecule has 2 aliphatic rings. The van der Waals surface area contributed by atoms with E-state index in [2.05, 4.69) is 15.1 Å². The third kappa shape index (κ3) is 5.53. The predicted molar refractivity (Wildman–Crippen MR) is 106 cm³/mol. The Balaban J connectivity index is 1.44. The predicted octanol–water partition coefficient (Wildman–Crippen LogP) is 2.37. The number of nitrogens with two attached hydrogens (primary N) is 1. The van der Waals surface area contributed by atoms with Gasteiger partial charge >= 0.3 is 0 Å². The van der Waals surface area contributed by atoms with Crippen LogP contribution in [0.15, 0.2) is 11.4 Å². The number of hydrogen-bond acceptors (Lipinski definition) is 5. The molecule has 0 bridgehead atoms. The molecule has 2 fully saturated rings. The van der Waals surface area contributed by atoms with Crippen LogP contribution in [0.4, 0.5) is 5.00 Å². The van der Waals surface area contributed by atoms with Gasteiger partial charge in [-0.1, -0.05) is 19.3 Å². The van der Waals surface area contributed by atoms with Crippen LogP contribution < -0.4 is 11.1 Å². The van der Waals surface area contributed by atoms with Crippen molar-refractivity contribution in [1.29, 1.82) is 0 Å². The average molecular weight is 379 g/mol. The molecular formula is C19H30N4O2S. The molecule has 1 aromatic heterocycles. The van der Waals surface area contributed by atoms with Gasteiger partial charge in [-0.3, -0.25) is 14.5 Å². The largest absolute Gasteiger partial charge is 0.366 e. The Hall–Kier alpha value is -1.44. The first-order valence-corrected chi connectivity index (χ1v) is 10.6. The number of primary amides is 1. The minimum absolute atomic E-state index is 0.0734. The lowest BCUT2D eigenvalue weighted by Crippen LogP contribution is -2.37. The van der Waals surface area contributed by atoms with Gasteiger partial charge in [0, 0.05) is 19.6 Å². The summed E-state index contributed by atoms with van der Waals surface area (Å²) in [6, 6.07) is 1.65. The summed E-state index contributed by atoms with van der Waals surface area (Å²) in [7, 11) is 0. The van der Waals surface area contributed by atoms with Crippen LogP contribution in [0.1, 0.15) is 48.9 Å². The molecule has 144 valence electrons. The molecule has 0 unspecified atom stereocenters.